The van der Waals surface area contributed by atoms with Crippen molar-refractivity contribution in [3.63, 3.8) is 0 Å². The van der Waals surface area contributed by atoms with Gasteiger partial charge in [0, 0.05) is 17.5 Å². The summed E-state index contributed by atoms with van der Waals surface area (Å²) in [5, 5.41) is 15.3. The fourth-order valence-corrected chi connectivity index (χ4v) is 3.20. The fourth-order valence-electron chi connectivity index (χ4n) is 2.79. The molecule has 0 unspecified atom stereocenters. The van der Waals surface area contributed by atoms with Gasteiger partial charge >= 0.3 is 0 Å². The number of carbonyl (C=O) groups excluding carboxylic acids is 1. The van der Waals surface area contributed by atoms with Gasteiger partial charge in [-0.15, -0.1) is 11.8 Å². The van der Waals surface area contributed by atoms with E-state index in [0.717, 1.165) is 21.9 Å². The molecular formula is C22H21NO2S. The smallest absolute Gasteiger partial charge is 0.244 e. The van der Waals surface area contributed by atoms with Crippen LogP contribution in [-0.2, 0) is 4.79 Å². The van der Waals surface area contributed by atoms with Gasteiger partial charge < -0.3 is 10.4 Å². The number of amides is 1. The summed E-state index contributed by atoms with van der Waals surface area (Å²) in [6.45, 7) is 0.169. The van der Waals surface area contributed by atoms with Crippen LogP contribution in [0, 0.1) is 0 Å². The van der Waals surface area contributed by atoms with E-state index in [1.54, 1.807) is 17.8 Å². The molecule has 0 bridgehead atoms. The summed E-state index contributed by atoms with van der Waals surface area (Å²) in [6, 6.07) is 21.7. The minimum absolute atomic E-state index is 0.169. The van der Waals surface area contributed by atoms with Gasteiger partial charge in [0.25, 0.3) is 0 Å². The van der Waals surface area contributed by atoms with Crippen LogP contribution >= 0.6 is 11.8 Å². The van der Waals surface area contributed by atoms with Crippen LogP contribution in [0.4, 0.5) is 0 Å². The lowest BCUT2D eigenvalue weighted by Gasteiger charge is -2.14. The molecule has 3 aromatic carbocycles. The highest BCUT2D eigenvalue weighted by Gasteiger charge is 2.11. The third kappa shape index (κ3) is 4.54. The molecule has 3 rings (SSSR count). The van der Waals surface area contributed by atoms with Gasteiger partial charge in [-0.25, -0.2) is 0 Å². The van der Waals surface area contributed by atoms with Crippen LogP contribution in [0.1, 0.15) is 17.2 Å². The Hall–Kier alpha value is -2.56. The third-order valence-corrected chi connectivity index (χ3v) is 4.94. The first-order chi connectivity index (χ1) is 12.7. The zero-order valence-corrected chi connectivity index (χ0v) is 15.4. The molecule has 0 radical (unpaired) electrons. The second-order valence-corrected chi connectivity index (χ2v) is 6.82. The first kappa shape index (κ1) is 18.2. The van der Waals surface area contributed by atoms with Crippen molar-refractivity contribution in [1.82, 2.24) is 5.32 Å². The number of hydrogen-bond acceptors (Lipinski definition) is 3. The molecular weight excluding hydrogens is 342 g/mol. The molecule has 4 heteroatoms. The molecule has 0 spiro atoms. The minimum Gasteiger partial charge on any atom is -0.387 e. The molecule has 0 aliphatic carbocycles. The van der Waals surface area contributed by atoms with Crippen LogP contribution in [0.3, 0.4) is 0 Å². The van der Waals surface area contributed by atoms with Crippen molar-refractivity contribution in [2.45, 2.75) is 11.0 Å². The van der Waals surface area contributed by atoms with Crippen LogP contribution in [0.15, 0.2) is 77.7 Å². The van der Waals surface area contributed by atoms with Crippen LogP contribution in [-0.4, -0.2) is 23.8 Å². The number of carbonyl (C=O) groups is 1. The second kappa shape index (κ2) is 8.70. The molecule has 0 aromatic heterocycles. The molecule has 3 nitrogen and oxygen atoms in total. The van der Waals surface area contributed by atoms with E-state index in [1.807, 2.05) is 73.0 Å². The zero-order valence-electron chi connectivity index (χ0n) is 14.6. The van der Waals surface area contributed by atoms with Gasteiger partial charge in [-0.3, -0.25) is 4.79 Å². The Morgan fingerprint density at radius 2 is 1.81 bits per heavy atom. The lowest BCUT2D eigenvalue weighted by atomic mass is 10.0. The SMILES string of the molecule is CSc1ccc(/C=C/C(=O)NC[C@H](O)c2cccc3ccccc23)cc1. The first-order valence-corrected chi connectivity index (χ1v) is 9.65. The van der Waals surface area contributed by atoms with E-state index in [2.05, 4.69) is 5.32 Å². The second-order valence-electron chi connectivity index (χ2n) is 5.94. The number of aliphatic hydroxyl groups is 1. The van der Waals surface area contributed by atoms with Crippen molar-refractivity contribution >= 4 is 34.5 Å². The summed E-state index contributed by atoms with van der Waals surface area (Å²) in [7, 11) is 0. The lowest BCUT2D eigenvalue weighted by Crippen LogP contribution is -2.26. The number of benzene rings is 3. The summed E-state index contributed by atoms with van der Waals surface area (Å²) in [4.78, 5) is 13.2. The maximum absolute atomic E-state index is 12.0. The molecule has 26 heavy (non-hydrogen) atoms. The number of rotatable bonds is 6. The molecule has 0 heterocycles. The van der Waals surface area contributed by atoms with Crippen molar-refractivity contribution in [2.24, 2.45) is 0 Å². The van der Waals surface area contributed by atoms with Crippen LogP contribution in [0.2, 0.25) is 0 Å². The van der Waals surface area contributed by atoms with Gasteiger partial charge in [0.05, 0.1) is 6.10 Å². The molecule has 0 aliphatic rings. The van der Waals surface area contributed by atoms with Crippen molar-refractivity contribution in [2.75, 3.05) is 12.8 Å². The topological polar surface area (TPSA) is 49.3 Å². The summed E-state index contributed by atoms with van der Waals surface area (Å²) in [6.07, 6.45) is 4.53. The standard InChI is InChI=1S/C22H21NO2S/c1-26-18-12-9-16(10-13-18)11-14-22(25)23-15-21(24)20-8-4-6-17-5-2-3-7-19(17)20/h2-14,21,24H,15H2,1H3,(H,23,25)/b14-11+/t21-/m0/s1. The maximum Gasteiger partial charge on any atom is 0.244 e. The Morgan fingerprint density at radius 3 is 2.58 bits per heavy atom. The molecule has 0 saturated carbocycles. The van der Waals surface area contributed by atoms with E-state index >= 15 is 0 Å². The Bertz CT molecular complexity index is 914. The van der Waals surface area contributed by atoms with E-state index in [9.17, 15) is 9.90 Å². The minimum atomic E-state index is -0.751. The summed E-state index contributed by atoms with van der Waals surface area (Å²) < 4.78 is 0. The Balaban J connectivity index is 1.60. The summed E-state index contributed by atoms with van der Waals surface area (Å²) >= 11 is 1.68. The van der Waals surface area contributed by atoms with Gasteiger partial charge in [-0.05, 0) is 46.4 Å². The maximum atomic E-state index is 12.0. The quantitative estimate of drug-likeness (QED) is 0.503. The van der Waals surface area contributed by atoms with Crippen LogP contribution in [0.25, 0.3) is 16.8 Å². The Labute approximate surface area is 157 Å². The van der Waals surface area contributed by atoms with E-state index < -0.39 is 6.10 Å². The predicted octanol–water partition coefficient (Wildman–Crippen LogP) is 4.42. The molecule has 132 valence electrons. The van der Waals surface area contributed by atoms with Gasteiger partial charge in [0.1, 0.15) is 0 Å². The Kier molecular flexibility index (Phi) is 6.10. The van der Waals surface area contributed by atoms with Crippen molar-refractivity contribution < 1.29 is 9.90 Å². The fraction of sp³-hybridized carbons (Fsp3) is 0.136. The Morgan fingerprint density at radius 1 is 1.08 bits per heavy atom. The highest BCUT2D eigenvalue weighted by Crippen LogP contribution is 2.23. The predicted molar refractivity (Wildman–Crippen MR) is 109 cm³/mol. The summed E-state index contributed by atoms with van der Waals surface area (Å²) in [5.41, 5.74) is 1.78. The van der Waals surface area contributed by atoms with E-state index in [0.29, 0.717) is 0 Å². The first-order valence-electron chi connectivity index (χ1n) is 8.43. The lowest BCUT2D eigenvalue weighted by molar-refractivity contribution is -0.116. The highest BCUT2D eigenvalue weighted by atomic mass is 32.2. The monoisotopic (exact) mass is 363 g/mol. The highest BCUT2D eigenvalue weighted by molar-refractivity contribution is 7.98. The van der Waals surface area contributed by atoms with Crippen molar-refractivity contribution in [3.05, 3.63) is 83.9 Å². The third-order valence-electron chi connectivity index (χ3n) is 4.19. The van der Waals surface area contributed by atoms with Crippen LogP contribution in [0.5, 0.6) is 0 Å². The van der Waals surface area contributed by atoms with Crippen LogP contribution < -0.4 is 5.32 Å². The number of hydrogen-bond donors (Lipinski definition) is 2. The molecule has 1 amide bonds. The van der Waals surface area contributed by atoms with Crippen molar-refractivity contribution in [3.8, 4) is 0 Å². The molecule has 0 aliphatic heterocycles. The number of fused-ring (bicyclic) bond motifs is 1. The normalized spacial score (nSPS) is 12.4. The zero-order chi connectivity index (χ0) is 18.4. The molecule has 1 atom stereocenters. The van der Waals surface area contributed by atoms with Gasteiger partial charge in [0.2, 0.25) is 5.91 Å². The van der Waals surface area contributed by atoms with Crippen molar-refractivity contribution in [1.29, 1.82) is 0 Å². The molecule has 0 fully saturated rings. The average Bonchev–Trinajstić information content (AvgIpc) is 2.70. The molecule has 2 N–H and O–H groups in total. The number of nitrogens with one attached hydrogen (secondary N) is 1. The number of thioether (sulfide) groups is 1. The van der Waals surface area contributed by atoms with E-state index in [4.69, 9.17) is 0 Å². The van der Waals surface area contributed by atoms with Gasteiger partial charge in [-0.1, -0.05) is 54.6 Å². The van der Waals surface area contributed by atoms with E-state index in [-0.39, 0.29) is 12.5 Å². The van der Waals surface area contributed by atoms with Gasteiger partial charge in [-0.2, -0.15) is 0 Å². The largest absolute Gasteiger partial charge is 0.387 e. The molecule has 0 saturated heterocycles. The molecule has 3 aromatic rings. The van der Waals surface area contributed by atoms with Gasteiger partial charge in [0.15, 0.2) is 0 Å². The van der Waals surface area contributed by atoms with E-state index in [1.165, 1.54) is 11.0 Å². The summed E-state index contributed by atoms with van der Waals surface area (Å²) in [5.74, 6) is -0.224. The number of aliphatic hydroxyl groups excluding tert-OH is 1. The average molecular weight is 363 g/mol.